The first-order valence-corrected chi connectivity index (χ1v) is 10.1. The molecule has 30 heavy (non-hydrogen) atoms. The van der Waals surface area contributed by atoms with Crippen LogP contribution in [0.15, 0.2) is 48.5 Å². The fraction of sp³-hybridized carbons (Fsp3) is 0.318. The van der Waals surface area contributed by atoms with Crippen molar-refractivity contribution in [3.05, 3.63) is 54.3 Å². The van der Waals surface area contributed by atoms with Gasteiger partial charge in [0.1, 0.15) is 11.9 Å². The van der Waals surface area contributed by atoms with Crippen LogP contribution >= 0.6 is 0 Å². The predicted molar refractivity (Wildman–Crippen MR) is 110 cm³/mol. The molecule has 0 spiro atoms. The molecule has 8 heteroatoms. The molecule has 3 heterocycles. The first-order valence-electron chi connectivity index (χ1n) is 10.1. The number of anilines is 2. The molecule has 2 amide bonds. The number of rotatable bonds is 5. The molecule has 0 bridgehead atoms. The Morgan fingerprint density at radius 2 is 2.10 bits per heavy atom. The Labute approximate surface area is 172 Å². The van der Waals surface area contributed by atoms with Gasteiger partial charge in [-0.15, -0.1) is 0 Å². The van der Waals surface area contributed by atoms with Gasteiger partial charge in [0.2, 0.25) is 11.9 Å². The first kappa shape index (κ1) is 18.7. The van der Waals surface area contributed by atoms with Crippen molar-refractivity contribution >= 4 is 34.5 Å². The van der Waals surface area contributed by atoms with Gasteiger partial charge < -0.3 is 10.1 Å². The number of carbonyl (C=O) groups is 2. The molecule has 0 aliphatic carbocycles. The SMILES string of the molecule is O=C(CC1C(=O)N(CC2CCCO2)c2nc3ccccc3n21)Nc1cccc(F)c1. The zero-order valence-corrected chi connectivity index (χ0v) is 16.3. The molecule has 7 nitrogen and oxygen atoms in total. The van der Waals surface area contributed by atoms with Crippen LogP contribution in [0.4, 0.5) is 16.0 Å². The summed E-state index contributed by atoms with van der Waals surface area (Å²) in [6, 6.07) is 12.5. The summed E-state index contributed by atoms with van der Waals surface area (Å²) in [7, 11) is 0. The third kappa shape index (κ3) is 3.33. The molecule has 1 aromatic heterocycles. The van der Waals surface area contributed by atoms with Gasteiger partial charge in [-0.3, -0.25) is 19.1 Å². The molecule has 2 aliphatic rings. The number of carbonyl (C=O) groups excluding carboxylic acids is 2. The van der Waals surface area contributed by atoms with Gasteiger partial charge in [0.15, 0.2) is 0 Å². The summed E-state index contributed by atoms with van der Waals surface area (Å²) < 4.78 is 21.0. The maximum absolute atomic E-state index is 13.4. The minimum atomic E-state index is -0.706. The molecular formula is C22H21FN4O3. The Hall–Kier alpha value is -3.26. The number of halogens is 1. The number of nitrogens with zero attached hydrogens (tertiary/aromatic N) is 3. The molecule has 2 unspecified atom stereocenters. The zero-order valence-electron chi connectivity index (χ0n) is 16.3. The van der Waals surface area contributed by atoms with Gasteiger partial charge >= 0.3 is 0 Å². The summed E-state index contributed by atoms with van der Waals surface area (Å²) in [5, 5.41) is 2.68. The Kier molecular flexibility index (Phi) is 4.71. The van der Waals surface area contributed by atoms with E-state index in [-0.39, 0.29) is 24.3 Å². The van der Waals surface area contributed by atoms with Crippen molar-refractivity contribution in [3.8, 4) is 0 Å². The highest BCUT2D eigenvalue weighted by Gasteiger charge is 2.42. The maximum Gasteiger partial charge on any atom is 0.253 e. The fourth-order valence-electron chi connectivity index (χ4n) is 4.21. The summed E-state index contributed by atoms with van der Waals surface area (Å²) >= 11 is 0. The van der Waals surface area contributed by atoms with Crippen LogP contribution in [0.1, 0.15) is 25.3 Å². The van der Waals surface area contributed by atoms with E-state index in [1.54, 1.807) is 11.0 Å². The normalized spacial score (nSPS) is 20.7. The number of nitrogens with one attached hydrogen (secondary N) is 1. The second kappa shape index (κ2) is 7.53. The lowest BCUT2D eigenvalue weighted by Crippen LogP contribution is -2.37. The third-order valence-electron chi connectivity index (χ3n) is 5.58. The minimum absolute atomic E-state index is 0.0258. The highest BCUT2D eigenvalue weighted by Crippen LogP contribution is 2.37. The van der Waals surface area contributed by atoms with Crippen molar-refractivity contribution in [1.82, 2.24) is 9.55 Å². The number of imidazole rings is 1. The van der Waals surface area contributed by atoms with Gasteiger partial charge in [0.25, 0.3) is 5.91 Å². The number of ether oxygens (including phenoxy) is 1. The van der Waals surface area contributed by atoms with Crippen LogP contribution in [-0.2, 0) is 14.3 Å². The number of hydrogen-bond donors (Lipinski definition) is 1. The van der Waals surface area contributed by atoms with Crippen molar-refractivity contribution in [2.45, 2.75) is 31.4 Å². The topological polar surface area (TPSA) is 76.5 Å². The maximum atomic E-state index is 13.4. The molecule has 0 saturated carbocycles. The lowest BCUT2D eigenvalue weighted by molar-refractivity contribution is -0.124. The molecule has 5 rings (SSSR count). The van der Waals surface area contributed by atoms with Gasteiger partial charge in [-0.05, 0) is 43.2 Å². The molecule has 2 aromatic carbocycles. The van der Waals surface area contributed by atoms with E-state index >= 15 is 0 Å². The number of hydrogen-bond acceptors (Lipinski definition) is 4. The molecule has 2 atom stereocenters. The quantitative estimate of drug-likeness (QED) is 0.703. The Balaban J connectivity index is 1.44. The highest BCUT2D eigenvalue weighted by atomic mass is 19.1. The predicted octanol–water partition coefficient (Wildman–Crippen LogP) is 3.27. The lowest BCUT2D eigenvalue weighted by atomic mass is 10.1. The van der Waals surface area contributed by atoms with Gasteiger partial charge in [-0.25, -0.2) is 9.37 Å². The van der Waals surface area contributed by atoms with Crippen molar-refractivity contribution in [2.75, 3.05) is 23.4 Å². The summed E-state index contributed by atoms with van der Waals surface area (Å²) in [6.07, 6.45) is 1.78. The van der Waals surface area contributed by atoms with E-state index in [0.29, 0.717) is 24.8 Å². The molecule has 2 aliphatic heterocycles. The summed E-state index contributed by atoms with van der Waals surface area (Å²) in [5.41, 5.74) is 1.93. The molecule has 1 saturated heterocycles. The van der Waals surface area contributed by atoms with Gasteiger partial charge in [0, 0.05) is 12.3 Å². The molecule has 154 valence electrons. The van der Waals surface area contributed by atoms with E-state index in [4.69, 9.17) is 4.74 Å². The number of fused-ring (bicyclic) bond motifs is 3. The average Bonchev–Trinajstić information content (AvgIpc) is 3.42. The molecular weight excluding hydrogens is 387 g/mol. The summed E-state index contributed by atoms with van der Waals surface area (Å²) in [4.78, 5) is 32.2. The van der Waals surface area contributed by atoms with Crippen LogP contribution in [0, 0.1) is 5.82 Å². The van der Waals surface area contributed by atoms with Crippen molar-refractivity contribution in [1.29, 1.82) is 0 Å². The Bertz CT molecular complexity index is 1120. The van der Waals surface area contributed by atoms with Gasteiger partial charge in [-0.2, -0.15) is 0 Å². The van der Waals surface area contributed by atoms with Crippen LogP contribution in [-0.4, -0.2) is 40.6 Å². The van der Waals surface area contributed by atoms with E-state index in [1.807, 2.05) is 28.8 Å². The van der Waals surface area contributed by atoms with Gasteiger partial charge in [0.05, 0.1) is 30.1 Å². The van der Waals surface area contributed by atoms with Crippen LogP contribution in [0.3, 0.4) is 0 Å². The zero-order chi connectivity index (χ0) is 20.7. The number of benzene rings is 2. The smallest absolute Gasteiger partial charge is 0.253 e. The van der Waals surface area contributed by atoms with E-state index in [1.165, 1.54) is 18.2 Å². The second-order valence-corrected chi connectivity index (χ2v) is 7.63. The second-order valence-electron chi connectivity index (χ2n) is 7.63. The number of aromatic nitrogens is 2. The fourth-order valence-corrected chi connectivity index (χ4v) is 4.21. The standard InChI is InChI=1S/C22H21FN4O3/c23-14-5-3-6-15(11-14)24-20(28)12-19-21(29)26(13-16-7-4-10-30-16)22-25-17-8-1-2-9-18(17)27(19)22/h1-3,5-6,8-9,11,16,19H,4,7,10,12-13H2,(H,24,28). The number of amides is 2. The molecule has 1 fully saturated rings. The van der Waals surface area contributed by atoms with Crippen molar-refractivity contribution in [3.63, 3.8) is 0 Å². The summed E-state index contributed by atoms with van der Waals surface area (Å²) in [6.45, 7) is 1.12. The molecule has 1 N–H and O–H groups in total. The lowest BCUT2D eigenvalue weighted by Gasteiger charge is -2.19. The van der Waals surface area contributed by atoms with E-state index in [0.717, 1.165) is 23.9 Å². The first-order chi connectivity index (χ1) is 14.6. The van der Waals surface area contributed by atoms with Crippen LogP contribution < -0.4 is 10.2 Å². The highest BCUT2D eigenvalue weighted by molar-refractivity contribution is 6.05. The van der Waals surface area contributed by atoms with Crippen molar-refractivity contribution < 1.29 is 18.7 Å². The van der Waals surface area contributed by atoms with Crippen LogP contribution in [0.5, 0.6) is 0 Å². The third-order valence-corrected chi connectivity index (χ3v) is 5.58. The number of para-hydroxylation sites is 2. The van der Waals surface area contributed by atoms with Crippen LogP contribution in [0.2, 0.25) is 0 Å². The minimum Gasteiger partial charge on any atom is -0.376 e. The Morgan fingerprint density at radius 1 is 1.23 bits per heavy atom. The largest absolute Gasteiger partial charge is 0.376 e. The van der Waals surface area contributed by atoms with Crippen LogP contribution in [0.25, 0.3) is 11.0 Å². The van der Waals surface area contributed by atoms with Gasteiger partial charge in [-0.1, -0.05) is 18.2 Å². The van der Waals surface area contributed by atoms with E-state index < -0.39 is 11.9 Å². The van der Waals surface area contributed by atoms with E-state index in [2.05, 4.69) is 10.3 Å². The average molecular weight is 408 g/mol. The van der Waals surface area contributed by atoms with E-state index in [9.17, 15) is 14.0 Å². The summed E-state index contributed by atoms with van der Waals surface area (Å²) in [5.74, 6) is -0.426. The molecule has 0 radical (unpaired) electrons. The molecule has 3 aromatic rings. The Morgan fingerprint density at radius 3 is 2.90 bits per heavy atom. The monoisotopic (exact) mass is 408 g/mol. The van der Waals surface area contributed by atoms with Crippen molar-refractivity contribution in [2.24, 2.45) is 0 Å².